The van der Waals surface area contributed by atoms with Crippen molar-refractivity contribution in [1.82, 2.24) is 9.88 Å². The summed E-state index contributed by atoms with van der Waals surface area (Å²) < 4.78 is 16.1. The van der Waals surface area contributed by atoms with Crippen molar-refractivity contribution in [1.29, 1.82) is 0 Å². The van der Waals surface area contributed by atoms with Crippen molar-refractivity contribution in [3.63, 3.8) is 0 Å². The highest BCUT2D eigenvalue weighted by atomic mass is 16.5. The van der Waals surface area contributed by atoms with Crippen LogP contribution >= 0.6 is 0 Å². The second-order valence-electron chi connectivity index (χ2n) is 6.87. The van der Waals surface area contributed by atoms with E-state index in [1.165, 1.54) is 25.4 Å². The number of carbonyl (C=O) groups excluding carboxylic acids is 2. The Bertz CT molecular complexity index is 1140. The molecule has 0 radical (unpaired) electrons. The van der Waals surface area contributed by atoms with Gasteiger partial charge in [-0.1, -0.05) is 6.07 Å². The van der Waals surface area contributed by atoms with E-state index in [4.69, 9.17) is 13.9 Å². The molecule has 1 fully saturated rings. The van der Waals surface area contributed by atoms with Crippen LogP contribution in [0.5, 0.6) is 11.5 Å². The van der Waals surface area contributed by atoms with Crippen LogP contribution in [0.2, 0.25) is 0 Å². The molecule has 1 amide bonds. The number of aromatic nitrogens is 1. The highest BCUT2D eigenvalue weighted by molar-refractivity contribution is 6.46. The summed E-state index contributed by atoms with van der Waals surface area (Å²) in [6, 6.07) is 10.8. The average Bonchev–Trinajstić information content (AvgIpc) is 3.41. The summed E-state index contributed by atoms with van der Waals surface area (Å²) >= 11 is 0. The Labute approximate surface area is 178 Å². The molecule has 1 unspecified atom stereocenters. The number of hydrogen-bond donors (Lipinski definition) is 1. The van der Waals surface area contributed by atoms with E-state index in [0.717, 1.165) is 5.56 Å². The van der Waals surface area contributed by atoms with Gasteiger partial charge in [-0.3, -0.25) is 14.6 Å². The van der Waals surface area contributed by atoms with Crippen LogP contribution in [0.4, 0.5) is 0 Å². The fourth-order valence-electron chi connectivity index (χ4n) is 3.62. The summed E-state index contributed by atoms with van der Waals surface area (Å²) in [4.78, 5) is 31.4. The van der Waals surface area contributed by atoms with Crippen LogP contribution in [0.3, 0.4) is 0 Å². The first-order chi connectivity index (χ1) is 15.0. The van der Waals surface area contributed by atoms with Gasteiger partial charge in [-0.05, 0) is 42.0 Å². The number of ether oxygens (including phenoxy) is 2. The third-order valence-corrected chi connectivity index (χ3v) is 5.09. The molecule has 1 N–H and O–H groups in total. The lowest BCUT2D eigenvalue weighted by molar-refractivity contribution is -0.140. The molecule has 1 saturated heterocycles. The zero-order valence-corrected chi connectivity index (χ0v) is 16.9. The minimum absolute atomic E-state index is 0.0876. The Kier molecular flexibility index (Phi) is 5.44. The lowest BCUT2D eigenvalue weighted by Gasteiger charge is -2.23. The van der Waals surface area contributed by atoms with Crippen LogP contribution < -0.4 is 9.47 Å². The van der Waals surface area contributed by atoms with Gasteiger partial charge < -0.3 is 23.9 Å². The molecule has 3 heterocycles. The van der Waals surface area contributed by atoms with E-state index >= 15 is 0 Å². The van der Waals surface area contributed by atoms with Crippen LogP contribution in [0.25, 0.3) is 5.76 Å². The second kappa shape index (κ2) is 8.35. The number of hydrogen-bond acceptors (Lipinski definition) is 7. The number of likely N-dealkylation sites (tertiary alicyclic amines) is 1. The molecule has 1 aliphatic rings. The summed E-state index contributed by atoms with van der Waals surface area (Å²) in [5, 5.41) is 11.2. The van der Waals surface area contributed by atoms with Crippen LogP contribution in [-0.2, 0) is 16.1 Å². The third-order valence-electron chi connectivity index (χ3n) is 5.09. The van der Waals surface area contributed by atoms with Gasteiger partial charge in [0.15, 0.2) is 0 Å². The molecule has 3 aromatic rings. The van der Waals surface area contributed by atoms with Gasteiger partial charge in [-0.15, -0.1) is 0 Å². The predicted octanol–water partition coefficient (Wildman–Crippen LogP) is 3.31. The van der Waals surface area contributed by atoms with E-state index in [2.05, 4.69) is 4.98 Å². The molecule has 1 atom stereocenters. The standard InChI is InChI=1S/C23H20N2O6/c1-29-15-7-8-17(30-2)16(11-15)21(26)19-20(18-6-4-10-31-18)25(23(28)22(19)27)13-14-5-3-9-24-12-14/h3-12,20,26H,13H2,1-2H3/b21-19-. The first kappa shape index (κ1) is 20.2. The molecular formula is C23H20N2O6. The van der Waals surface area contributed by atoms with Gasteiger partial charge in [0, 0.05) is 18.9 Å². The van der Waals surface area contributed by atoms with E-state index in [-0.39, 0.29) is 23.4 Å². The lowest BCUT2D eigenvalue weighted by atomic mass is 9.98. The third kappa shape index (κ3) is 3.63. The smallest absolute Gasteiger partial charge is 0.296 e. The Balaban J connectivity index is 1.88. The topological polar surface area (TPSA) is 102 Å². The van der Waals surface area contributed by atoms with Crippen molar-refractivity contribution in [2.75, 3.05) is 14.2 Å². The first-order valence-corrected chi connectivity index (χ1v) is 9.48. The fraction of sp³-hybridized carbons (Fsp3) is 0.174. The Hall–Kier alpha value is -4.07. The largest absolute Gasteiger partial charge is 0.507 e. The summed E-state index contributed by atoms with van der Waals surface area (Å²) in [5.41, 5.74) is 0.882. The molecule has 0 saturated carbocycles. The number of aliphatic hydroxyl groups excluding tert-OH is 1. The number of furan rings is 1. The molecule has 4 rings (SSSR count). The molecular weight excluding hydrogens is 400 g/mol. The SMILES string of the molecule is COc1ccc(OC)c(/C(O)=C2/C(=O)C(=O)N(Cc3cccnc3)C2c2ccco2)c1. The minimum Gasteiger partial charge on any atom is -0.507 e. The van der Waals surface area contributed by atoms with Crippen LogP contribution in [0.15, 0.2) is 71.1 Å². The van der Waals surface area contributed by atoms with Crippen LogP contribution in [0.1, 0.15) is 22.9 Å². The van der Waals surface area contributed by atoms with Gasteiger partial charge in [0.25, 0.3) is 11.7 Å². The number of nitrogens with zero attached hydrogens (tertiary/aromatic N) is 2. The van der Waals surface area contributed by atoms with E-state index in [1.807, 2.05) is 0 Å². The molecule has 1 aliphatic heterocycles. The molecule has 8 heteroatoms. The normalized spacial score (nSPS) is 17.7. The minimum atomic E-state index is -0.911. The Morgan fingerprint density at radius 3 is 2.65 bits per heavy atom. The Morgan fingerprint density at radius 2 is 2.00 bits per heavy atom. The summed E-state index contributed by atoms with van der Waals surface area (Å²) in [6.07, 6.45) is 4.69. The van der Waals surface area contributed by atoms with E-state index in [0.29, 0.717) is 17.3 Å². The first-order valence-electron chi connectivity index (χ1n) is 9.48. The fourth-order valence-corrected chi connectivity index (χ4v) is 3.62. The number of rotatable bonds is 6. The maximum absolute atomic E-state index is 13.0. The molecule has 2 aromatic heterocycles. The quantitative estimate of drug-likeness (QED) is 0.371. The van der Waals surface area contributed by atoms with Gasteiger partial charge in [-0.2, -0.15) is 0 Å². The van der Waals surface area contributed by atoms with E-state index in [1.54, 1.807) is 54.9 Å². The number of amides is 1. The van der Waals surface area contributed by atoms with Crippen molar-refractivity contribution in [3.05, 3.63) is 83.6 Å². The summed E-state index contributed by atoms with van der Waals surface area (Å²) in [7, 11) is 2.94. The number of aliphatic hydroxyl groups is 1. The van der Waals surface area contributed by atoms with Gasteiger partial charge in [0.1, 0.15) is 29.1 Å². The van der Waals surface area contributed by atoms with E-state index in [9.17, 15) is 14.7 Å². The number of pyridine rings is 1. The molecule has 0 spiro atoms. The summed E-state index contributed by atoms with van der Waals surface area (Å²) in [6.45, 7) is 0.121. The molecule has 0 bridgehead atoms. The molecule has 1 aromatic carbocycles. The highest BCUT2D eigenvalue weighted by Crippen LogP contribution is 2.42. The molecule has 0 aliphatic carbocycles. The highest BCUT2D eigenvalue weighted by Gasteiger charge is 2.47. The van der Waals surface area contributed by atoms with Gasteiger partial charge >= 0.3 is 0 Å². The zero-order valence-electron chi connectivity index (χ0n) is 16.9. The zero-order chi connectivity index (χ0) is 22.0. The maximum atomic E-state index is 13.0. The predicted molar refractivity (Wildman–Crippen MR) is 110 cm³/mol. The molecule has 31 heavy (non-hydrogen) atoms. The van der Waals surface area contributed by atoms with Crippen molar-refractivity contribution < 1.29 is 28.6 Å². The maximum Gasteiger partial charge on any atom is 0.296 e. The van der Waals surface area contributed by atoms with Crippen molar-refractivity contribution >= 4 is 17.4 Å². The number of carbonyl (C=O) groups is 2. The van der Waals surface area contributed by atoms with Gasteiger partial charge in [0.05, 0.1) is 31.6 Å². The van der Waals surface area contributed by atoms with Crippen molar-refractivity contribution in [3.8, 4) is 11.5 Å². The van der Waals surface area contributed by atoms with Gasteiger partial charge in [0.2, 0.25) is 0 Å². The lowest BCUT2D eigenvalue weighted by Crippen LogP contribution is -2.29. The average molecular weight is 420 g/mol. The number of methoxy groups -OCH3 is 2. The number of Topliss-reactive ketones (excluding diaryl/α,β-unsaturated/α-hetero) is 1. The van der Waals surface area contributed by atoms with Crippen molar-refractivity contribution in [2.45, 2.75) is 12.6 Å². The van der Waals surface area contributed by atoms with E-state index < -0.39 is 17.7 Å². The monoisotopic (exact) mass is 420 g/mol. The summed E-state index contributed by atoms with van der Waals surface area (Å²) in [5.74, 6) is -0.784. The number of benzene rings is 1. The second-order valence-corrected chi connectivity index (χ2v) is 6.87. The van der Waals surface area contributed by atoms with Crippen LogP contribution in [0, 0.1) is 0 Å². The Morgan fingerprint density at radius 1 is 1.16 bits per heavy atom. The van der Waals surface area contributed by atoms with Gasteiger partial charge in [-0.25, -0.2) is 0 Å². The van der Waals surface area contributed by atoms with Crippen LogP contribution in [-0.4, -0.2) is 40.9 Å². The van der Waals surface area contributed by atoms with Crippen molar-refractivity contribution in [2.24, 2.45) is 0 Å². The molecule has 8 nitrogen and oxygen atoms in total. The molecule has 158 valence electrons. The number of ketones is 1.